The molecule has 2 heterocycles. The third-order valence-corrected chi connectivity index (χ3v) is 3.94. The van der Waals surface area contributed by atoms with Crippen LogP contribution in [0, 0.1) is 0 Å². The first-order chi connectivity index (χ1) is 10.6. The lowest BCUT2D eigenvalue weighted by atomic mass is 10.2. The summed E-state index contributed by atoms with van der Waals surface area (Å²) in [5, 5.41) is 0. The third kappa shape index (κ3) is 2.69. The SMILES string of the molecule is CC(C)[n+]1ccn(-c2ccccc2-n2cc[n+](C(C)C)c2)c1. The van der Waals surface area contributed by atoms with Crippen LogP contribution in [0.2, 0.25) is 0 Å². The first kappa shape index (κ1) is 14.6. The van der Waals surface area contributed by atoms with Crippen molar-refractivity contribution in [1.29, 1.82) is 0 Å². The molecule has 3 rings (SSSR count). The zero-order chi connectivity index (χ0) is 15.7. The second-order valence-electron chi connectivity index (χ2n) is 6.21. The van der Waals surface area contributed by atoms with E-state index < -0.39 is 0 Å². The summed E-state index contributed by atoms with van der Waals surface area (Å²) in [5.74, 6) is 0. The summed E-state index contributed by atoms with van der Waals surface area (Å²) >= 11 is 0. The zero-order valence-electron chi connectivity index (χ0n) is 13.7. The molecule has 0 bridgehead atoms. The Morgan fingerprint density at radius 1 is 0.727 bits per heavy atom. The number of rotatable bonds is 4. The van der Waals surface area contributed by atoms with Crippen LogP contribution in [-0.4, -0.2) is 9.13 Å². The molecule has 0 aliphatic rings. The minimum atomic E-state index is 0.461. The largest absolute Gasteiger partial charge is 0.249 e. The molecule has 0 saturated carbocycles. The normalized spacial score (nSPS) is 11.5. The van der Waals surface area contributed by atoms with Crippen LogP contribution in [0.25, 0.3) is 11.4 Å². The summed E-state index contributed by atoms with van der Waals surface area (Å²) in [6, 6.07) is 9.39. The summed E-state index contributed by atoms with van der Waals surface area (Å²) in [6.07, 6.45) is 12.7. The minimum absolute atomic E-state index is 0.461. The Hall–Kier alpha value is -2.36. The monoisotopic (exact) mass is 296 g/mol. The summed E-state index contributed by atoms with van der Waals surface area (Å²) in [4.78, 5) is 0. The van der Waals surface area contributed by atoms with Gasteiger partial charge in [0.1, 0.15) is 24.8 Å². The number of hydrogen-bond acceptors (Lipinski definition) is 0. The molecule has 0 unspecified atom stereocenters. The highest BCUT2D eigenvalue weighted by molar-refractivity contribution is 5.51. The lowest BCUT2D eigenvalue weighted by Gasteiger charge is -2.03. The Balaban J connectivity index is 2.05. The van der Waals surface area contributed by atoms with Gasteiger partial charge < -0.3 is 0 Å². The van der Waals surface area contributed by atoms with E-state index in [0.29, 0.717) is 12.1 Å². The summed E-state index contributed by atoms with van der Waals surface area (Å²) < 4.78 is 8.77. The van der Waals surface area contributed by atoms with E-state index in [1.807, 2.05) is 0 Å². The number of imidazole rings is 2. The first-order valence-electron chi connectivity index (χ1n) is 7.83. The number of hydrogen-bond donors (Lipinski definition) is 0. The van der Waals surface area contributed by atoms with Gasteiger partial charge in [-0.3, -0.25) is 0 Å². The molecule has 1 aromatic carbocycles. The average molecular weight is 296 g/mol. The zero-order valence-corrected chi connectivity index (χ0v) is 13.7. The van der Waals surface area contributed by atoms with Crippen LogP contribution in [0.4, 0.5) is 0 Å². The Bertz CT molecular complexity index is 700. The fourth-order valence-corrected chi connectivity index (χ4v) is 2.54. The molecular weight excluding hydrogens is 272 g/mol. The van der Waals surface area contributed by atoms with E-state index >= 15 is 0 Å². The van der Waals surface area contributed by atoms with Crippen molar-refractivity contribution in [2.75, 3.05) is 0 Å². The number of nitrogens with zero attached hydrogens (tertiary/aromatic N) is 4. The molecule has 4 heteroatoms. The molecule has 0 saturated heterocycles. The maximum Gasteiger partial charge on any atom is 0.249 e. The highest BCUT2D eigenvalue weighted by Crippen LogP contribution is 2.18. The lowest BCUT2D eigenvalue weighted by Crippen LogP contribution is -2.33. The van der Waals surface area contributed by atoms with E-state index in [2.05, 4.69) is 108 Å². The Kier molecular flexibility index (Phi) is 3.84. The van der Waals surface area contributed by atoms with Gasteiger partial charge in [0.2, 0.25) is 12.7 Å². The summed E-state index contributed by atoms with van der Waals surface area (Å²) in [5.41, 5.74) is 2.35. The number of benzene rings is 1. The Morgan fingerprint density at radius 2 is 1.14 bits per heavy atom. The Morgan fingerprint density at radius 3 is 1.45 bits per heavy atom. The molecule has 0 aliphatic carbocycles. The molecule has 2 aromatic heterocycles. The Labute approximate surface area is 131 Å². The van der Waals surface area contributed by atoms with Gasteiger partial charge in [0.05, 0.1) is 12.1 Å². The van der Waals surface area contributed by atoms with Gasteiger partial charge in [0.25, 0.3) is 0 Å². The molecule has 3 aromatic rings. The number of aromatic nitrogens is 4. The highest BCUT2D eigenvalue weighted by atomic mass is 15.2. The van der Waals surface area contributed by atoms with E-state index in [4.69, 9.17) is 0 Å². The topological polar surface area (TPSA) is 17.6 Å². The van der Waals surface area contributed by atoms with Crippen LogP contribution in [0.5, 0.6) is 0 Å². The lowest BCUT2D eigenvalue weighted by molar-refractivity contribution is -0.715. The molecule has 114 valence electrons. The summed E-state index contributed by atoms with van der Waals surface area (Å²) in [7, 11) is 0. The van der Waals surface area contributed by atoms with E-state index in [-0.39, 0.29) is 0 Å². The number of para-hydroxylation sites is 2. The van der Waals surface area contributed by atoms with Crippen molar-refractivity contribution in [2.45, 2.75) is 39.8 Å². The van der Waals surface area contributed by atoms with Gasteiger partial charge in [-0.2, -0.15) is 9.13 Å². The van der Waals surface area contributed by atoms with E-state index in [1.165, 1.54) is 11.4 Å². The smallest absolute Gasteiger partial charge is 0.234 e. The second-order valence-corrected chi connectivity index (χ2v) is 6.21. The fraction of sp³-hybridized carbons (Fsp3) is 0.333. The van der Waals surface area contributed by atoms with Gasteiger partial charge in [0.15, 0.2) is 11.4 Å². The average Bonchev–Trinajstić information content (AvgIpc) is 3.17. The van der Waals surface area contributed by atoms with Crippen LogP contribution in [0.15, 0.2) is 61.7 Å². The van der Waals surface area contributed by atoms with E-state index in [9.17, 15) is 0 Å². The van der Waals surface area contributed by atoms with Crippen molar-refractivity contribution >= 4 is 0 Å². The first-order valence-corrected chi connectivity index (χ1v) is 7.83. The van der Waals surface area contributed by atoms with Gasteiger partial charge in [0, 0.05) is 0 Å². The van der Waals surface area contributed by atoms with Crippen molar-refractivity contribution in [3.8, 4) is 11.4 Å². The molecule has 0 amide bonds. The van der Waals surface area contributed by atoms with Gasteiger partial charge in [-0.05, 0) is 39.8 Å². The van der Waals surface area contributed by atoms with Gasteiger partial charge in [-0.15, -0.1) is 0 Å². The molecule has 0 aliphatic heterocycles. The molecular formula is C18H24N4+2. The van der Waals surface area contributed by atoms with Gasteiger partial charge >= 0.3 is 0 Å². The van der Waals surface area contributed by atoms with Crippen LogP contribution < -0.4 is 9.13 Å². The third-order valence-electron chi connectivity index (χ3n) is 3.94. The predicted octanol–water partition coefficient (Wildman–Crippen LogP) is 3.00. The molecule has 4 nitrogen and oxygen atoms in total. The van der Waals surface area contributed by atoms with Crippen molar-refractivity contribution in [1.82, 2.24) is 9.13 Å². The van der Waals surface area contributed by atoms with Crippen LogP contribution >= 0.6 is 0 Å². The quantitative estimate of drug-likeness (QED) is 0.659. The van der Waals surface area contributed by atoms with Gasteiger partial charge in [-0.1, -0.05) is 12.1 Å². The van der Waals surface area contributed by atoms with Crippen LogP contribution in [0.3, 0.4) is 0 Å². The van der Waals surface area contributed by atoms with E-state index in [1.54, 1.807) is 0 Å². The standard InChI is InChI=1S/C18H24N4/c1-15(2)19-9-11-21(13-19)17-7-5-6-8-18(17)22-12-10-20(14-22)16(3)4/h5-16H,1-4H3/q+2. The van der Waals surface area contributed by atoms with Crippen molar-refractivity contribution in [3.63, 3.8) is 0 Å². The van der Waals surface area contributed by atoms with Crippen molar-refractivity contribution in [2.24, 2.45) is 0 Å². The molecule has 0 N–H and O–H groups in total. The molecule has 0 fully saturated rings. The molecule has 22 heavy (non-hydrogen) atoms. The molecule has 0 spiro atoms. The highest BCUT2D eigenvalue weighted by Gasteiger charge is 2.18. The van der Waals surface area contributed by atoms with Crippen molar-refractivity contribution in [3.05, 3.63) is 61.7 Å². The van der Waals surface area contributed by atoms with Gasteiger partial charge in [-0.25, -0.2) is 9.13 Å². The van der Waals surface area contributed by atoms with Crippen molar-refractivity contribution < 1.29 is 9.13 Å². The van der Waals surface area contributed by atoms with E-state index in [0.717, 1.165) is 0 Å². The van der Waals surface area contributed by atoms with Crippen LogP contribution in [0.1, 0.15) is 39.8 Å². The molecule has 0 radical (unpaired) electrons. The minimum Gasteiger partial charge on any atom is -0.234 e. The maximum atomic E-state index is 2.21. The van der Waals surface area contributed by atoms with Crippen LogP contribution in [-0.2, 0) is 0 Å². The predicted molar refractivity (Wildman–Crippen MR) is 86.3 cm³/mol. The maximum absolute atomic E-state index is 2.21. The second kappa shape index (κ2) is 5.79. The summed E-state index contributed by atoms with van der Waals surface area (Å²) in [6.45, 7) is 8.75. The molecule has 0 atom stereocenters. The fourth-order valence-electron chi connectivity index (χ4n) is 2.54.